The predicted molar refractivity (Wildman–Crippen MR) is 88.3 cm³/mol. The van der Waals surface area contributed by atoms with Crippen LogP contribution < -0.4 is 4.18 Å². The first-order valence-corrected chi connectivity index (χ1v) is 9.26. The number of hydrogen-bond acceptors (Lipinski definition) is 6. The van der Waals surface area contributed by atoms with Crippen LogP contribution in [-0.4, -0.2) is 30.4 Å². The Morgan fingerprint density at radius 3 is 2.57 bits per heavy atom. The molecule has 0 atom stereocenters. The lowest BCUT2D eigenvalue weighted by atomic mass is 10.0. The lowest BCUT2D eigenvalue weighted by Gasteiger charge is -2.14. The van der Waals surface area contributed by atoms with Crippen LogP contribution in [0.2, 0.25) is 0 Å². The molecule has 2 aromatic heterocycles. The highest BCUT2D eigenvalue weighted by atomic mass is 32.2. The van der Waals surface area contributed by atoms with Crippen LogP contribution in [0.4, 0.5) is 0 Å². The smallest absolute Gasteiger partial charge is 0.306 e. The molecule has 2 rings (SSSR count). The minimum Gasteiger partial charge on any atom is -0.381 e. The summed E-state index contributed by atoms with van der Waals surface area (Å²) in [5.74, 6) is -0.0433. The maximum atomic E-state index is 12.3. The molecule has 0 aliphatic carbocycles. The lowest BCUT2D eigenvalue weighted by Crippen LogP contribution is -2.12. The Morgan fingerprint density at radius 2 is 2.00 bits per heavy atom. The number of hydrogen-bond donors (Lipinski definition) is 0. The molecule has 0 spiro atoms. The molecule has 0 saturated carbocycles. The van der Waals surface area contributed by atoms with Crippen LogP contribution in [0.3, 0.4) is 0 Å². The Balaban J connectivity index is 2.78. The third-order valence-electron chi connectivity index (χ3n) is 3.32. The highest BCUT2D eigenvalue weighted by molar-refractivity contribution is 7.86. The molecule has 0 aliphatic heterocycles. The number of fused-ring (bicyclic) bond motifs is 1. The standard InChI is InChI=1S/C16H20N2O4S/c1-5-6-13(19)12-9-18-15-11(16(12)22-23(4,20)21)7-8-17-14(15)10(2)3/h7-10H,5-6H2,1-4H3. The van der Waals surface area contributed by atoms with E-state index in [-0.39, 0.29) is 23.0 Å². The van der Waals surface area contributed by atoms with Crippen molar-refractivity contribution in [1.29, 1.82) is 0 Å². The Hall–Kier alpha value is -2.02. The largest absolute Gasteiger partial charge is 0.381 e. The third-order valence-corrected chi connectivity index (χ3v) is 3.79. The van der Waals surface area contributed by atoms with Crippen molar-refractivity contribution < 1.29 is 17.4 Å². The average molecular weight is 336 g/mol. The van der Waals surface area contributed by atoms with Crippen LogP contribution in [0.15, 0.2) is 18.5 Å². The van der Waals surface area contributed by atoms with Gasteiger partial charge in [-0.2, -0.15) is 8.42 Å². The Kier molecular flexibility index (Phi) is 4.99. The summed E-state index contributed by atoms with van der Waals surface area (Å²) in [6.45, 7) is 5.82. The van der Waals surface area contributed by atoms with Gasteiger partial charge in [0.2, 0.25) is 0 Å². The van der Waals surface area contributed by atoms with Crippen molar-refractivity contribution in [2.24, 2.45) is 0 Å². The van der Waals surface area contributed by atoms with Crippen LogP contribution in [-0.2, 0) is 10.1 Å². The van der Waals surface area contributed by atoms with Gasteiger partial charge in [-0.15, -0.1) is 0 Å². The second-order valence-electron chi connectivity index (χ2n) is 5.71. The summed E-state index contributed by atoms with van der Waals surface area (Å²) in [6.07, 6.45) is 4.87. The summed E-state index contributed by atoms with van der Waals surface area (Å²) in [5, 5.41) is 0.482. The highest BCUT2D eigenvalue weighted by Crippen LogP contribution is 2.33. The van der Waals surface area contributed by atoms with E-state index in [1.54, 1.807) is 12.3 Å². The van der Waals surface area contributed by atoms with Crippen molar-refractivity contribution in [2.75, 3.05) is 6.26 Å². The number of carbonyl (C=O) groups excluding carboxylic acids is 1. The van der Waals surface area contributed by atoms with E-state index in [1.807, 2.05) is 20.8 Å². The van der Waals surface area contributed by atoms with Crippen molar-refractivity contribution in [2.45, 2.75) is 39.5 Å². The fourth-order valence-corrected chi connectivity index (χ4v) is 2.83. The first kappa shape index (κ1) is 17.3. The molecule has 2 aromatic rings. The third kappa shape index (κ3) is 3.85. The Morgan fingerprint density at radius 1 is 1.30 bits per heavy atom. The average Bonchev–Trinajstić information content (AvgIpc) is 2.45. The summed E-state index contributed by atoms with van der Waals surface area (Å²) >= 11 is 0. The second kappa shape index (κ2) is 6.62. The van der Waals surface area contributed by atoms with Gasteiger partial charge < -0.3 is 4.18 Å². The van der Waals surface area contributed by atoms with Crippen molar-refractivity contribution in [1.82, 2.24) is 9.97 Å². The number of carbonyl (C=O) groups is 1. The lowest BCUT2D eigenvalue weighted by molar-refractivity contribution is 0.0980. The number of aromatic nitrogens is 2. The summed E-state index contributed by atoms with van der Waals surface area (Å²) in [7, 11) is -3.77. The molecule has 2 heterocycles. The van der Waals surface area contributed by atoms with E-state index in [0.29, 0.717) is 23.7 Å². The van der Waals surface area contributed by atoms with Gasteiger partial charge in [0.1, 0.15) is 0 Å². The van der Waals surface area contributed by atoms with Gasteiger partial charge in [0.05, 0.1) is 23.0 Å². The maximum Gasteiger partial charge on any atom is 0.306 e. The normalized spacial score (nSPS) is 11.9. The SMILES string of the molecule is CCCC(=O)c1cnc2c(C(C)C)nccc2c1OS(C)(=O)=O. The number of Topliss-reactive ketones (excluding diaryl/α,β-unsaturated/α-hetero) is 1. The van der Waals surface area contributed by atoms with Gasteiger partial charge in [-0.05, 0) is 18.4 Å². The van der Waals surface area contributed by atoms with Crippen LogP contribution in [0.25, 0.3) is 10.9 Å². The van der Waals surface area contributed by atoms with E-state index in [4.69, 9.17) is 4.18 Å². The van der Waals surface area contributed by atoms with E-state index < -0.39 is 10.1 Å². The molecule has 6 nitrogen and oxygen atoms in total. The van der Waals surface area contributed by atoms with E-state index in [2.05, 4.69) is 9.97 Å². The summed E-state index contributed by atoms with van der Waals surface area (Å²) in [5.41, 5.74) is 1.47. The molecule has 0 aliphatic rings. The Bertz CT molecular complexity index is 845. The van der Waals surface area contributed by atoms with Gasteiger partial charge in [0.25, 0.3) is 0 Å². The zero-order valence-electron chi connectivity index (χ0n) is 13.7. The molecule has 0 fully saturated rings. The quantitative estimate of drug-likeness (QED) is 0.595. The van der Waals surface area contributed by atoms with E-state index >= 15 is 0 Å². The van der Waals surface area contributed by atoms with Gasteiger partial charge in [0, 0.05) is 24.2 Å². The molecule has 23 heavy (non-hydrogen) atoms. The van der Waals surface area contributed by atoms with Gasteiger partial charge in [0.15, 0.2) is 11.5 Å². The fraction of sp³-hybridized carbons (Fsp3) is 0.438. The summed E-state index contributed by atoms with van der Waals surface area (Å²) in [4.78, 5) is 20.9. The van der Waals surface area contributed by atoms with E-state index in [9.17, 15) is 13.2 Å². The minimum atomic E-state index is -3.77. The van der Waals surface area contributed by atoms with Crippen molar-refractivity contribution in [3.8, 4) is 5.75 Å². The molecule has 0 amide bonds. The van der Waals surface area contributed by atoms with Crippen molar-refractivity contribution >= 4 is 26.8 Å². The molecule has 0 aromatic carbocycles. The second-order valence-corrected chi connectivity index (χ2v) is 7.28. The monoisotopic (exact) mass is 336 g/mol. The fourth-order valence-electron chi connectivity index (χ4n) is 2.35. The number of pyridine rings is 2. The van der Waals surface area contributed by atoms with Gasteiger partial charge >= 0.3 is 10.1 Å². The summed E-state index contributed by atoms with van der Waals surface area (Å²) < 4.78 is 28.4. The molecule has 124 valence electrons. The molecule has 0 N–H and O–H groups in total. The van der Waals surface area contributed by atoms with E-state index in [0.717, 1.165) is 11.9 Å². The topological polar surface area (TPSA) is 86.2 Å². The maximum absolute atomic E-state index is 12.3. The molecular formula is C16H20N2O4S. The van der Waals surface area contributed by atoms with Crippen molar-refractivity contribution in [3.05, 3.63) is 29.7 Å². The zero-order chi connectivity index (χ0) is 17.2. The van der Waals surface area contributed by atoms with Gasteiger partial charge in [-0.1, -0.05) is 20.8 Å². The van der Waals surface area contributed by atoms with Crippen molar-refractivity contribution in [3.63, 3.8) is 0 Å². The molecule has 7 heteroatoms. The minimum absolute atomic E-state index is 0.0419. The van der Waals surface area contributed by atoms with Gasteiger partial charge in [-0.3, -0.25) is 14.8 Å². The van der Waals surface area contributed by atoms with Crippen LogP contribution in [0.1, 0.15) is 55.6 Å². The predicted octanol–water partition coefficient (Wildman–Crippen LogP) is 3.07. The van der Waals surface area contributed by atoms with Crippen LogP contribution >= 0.6 is 0 Å². The summed E-state index contributed by atoms with van der Waals surface area (Å²) in [6, 6.07) is 1.62. The highest BCUT2D eigenvalue weighted by Gasteiger charge is 2.21. The molecule has 0 saturated heterocycles. The first-order valence-electron chi connectivity index (χ1n) is 7.44. The molecule has 0 radical (unpaired) electrons. The van der Waals surface area contributed by atoms with Crippen LogP contribution in [0, 0.1) is 0 Å². The molecular weight excluding hydrogens is 316 g/mol. The zero-order valence-corrected chi connectivity index (χ0v) is 14.5. The number of nitrogens with zero attached hydrogens (tertiary/aromatic N) is 2. The number of rotatable bonds is 6. The first-order chi connectivity index (χ1) is 10.7. The number of ketones is 1. The molecule has 0 unspecified atom stereocenters. The van der Waals surface area contributed by atoms with Gasteiger partial charge in [-0.25, -0.2) is 0 Å². The molecule has 0 bridgehead atoms. The van der Waals surface area contributed by atoms with E-state index in [1.165, 1.54) is 6.20 Å². The Labute approximate surface area is 136 Å². The van der Waals surface area contributed by atoms with Crippen LogP contribution in [0.5, 0.6) is 5.75 Å².